The topological polar surface area (TPSA) is 149 Å². The minimum absolute atomic E-state index is 0.0211. The summed E-state index contributed by atoms with van der Waals surface area (Å²) in [6, 6.07) is 19.4. The fraction of sp³-hybridized carbons (Fsp3) is 0.107. The van der Waals surface area contributed by atoms with Gasteiger partial charge in [-0.15, -0.1) is 0 Å². The van der Waals surface area contributed by atoms with Crippen LogP contribution in [0.25, 0.3) is 32.4 Å². The predicted molar refractivity (Wildman–Crippen MR) is 156 cm³/mol. The Bertz CT molecular complexity index is 1950. The largest absolute Gasteiger partial charge is 0.371 e. The second-order valence-electron chi connectivity index (χ2n) is 9.06. The van der Waals surface area contributed by atoms with E-state index < -0.39 is 16.1 Å². The van der Waals surface area contributed by atoms with E-state index in [9.17, 15) is 13.2 Å². The first kappa shape index (κ1) is 26.3. The molecule has 5 rings (SSSR count). The molecule has 0 saturated carbocycles. The molecule has 2 aromatic carbocycles. The van der Waals surface area contributed by atoms with Crippen LogP contribution in [0, 0.1) is 6.57 Å². The number of hydrogen-bond donors (Lipinski definition) is 3. The molecule has 1 atom stereocenters. The summed E-state index contributed by atoms with van der Waals surface area (Å²) in [6.45, 7) is 9.32. The normalized spacial score (nSPS) is 12.0. The summed E-state index contributed by atoms with van der Waals surface area (Å²) >= 11 is 0. The molecule has 0 radical (unpaired) electrons. The zero-order valence-electron chi connectivity index (χ0n) is 21.5. The van der Waals surface area contributed by atoms with Crippen molar-refractivity contribution >= 4 is 44.1 Å². The Morgan fingerprint density at radius 3 is 2.55 bits per heavy atom. The van der Waals surface area contributed by atoms with Gasteiger partial charge < -0.3 is 11.1 Å². The van der Waals surface area contributed by atoms with E-state index in [0.717, 1.165) is 6.26 Å². The van der Waals surface area contributed by atoms with Gasteiger partial charge in [0.05, 0.1) is 24.3 Å². The van der Waals surface area contributed by atoms with Crippen LogP contribution in [0.4, 0.5) is 23.3 Å². The molecular formula is C28H24N8O3S. The number of pyridine rings is 2. The number of anilines is 3. The Morgan fingerprint density at radius 1 is 1.05 bits per heavy atom. The summed E-state index contributed by atoms with van der Waals surface area (Å²) in [7, 11) is -3.54. The van der Waals surface area contributed by atoms with Crippen LogP contribution in [0.1, 0.15) is 18.7 Å². The lowest BCUT2D eigenvalue weighted by Gasteiger charge is -2.22. The first-order valence-corrected chi connectivity index (χ1v) is 14.0. The fourth-order valence-corrected chi connectivity index (χ4v) is 4.98. The number of para-hydroxylation sites is 1. The third-order valence-electron chi connectivity index (χ3n) is 6.16. The highest BCUT2D eigenvalue weighted by Gasteiger charge is 2.20. The van der Waals surface area contributed by atoms with Crippen LogP contribution >= 0.6 is 0 Å². The van der Waals surface area contributed by atoms with Crippen molar-refractivity contribution in [3.63, 3.8) is 0 Å². The third kappa shape index (κ3) is 5.31. The molecule has 0 aliphatic carbocycles. The van der Waals surface area contributed by atoms with Gasteiger partial charge in [-0.25, -0.2) is 28.2 Å². The van der Waals surface area contributed by atoms with Gasteiger partial charge in [-0.05, 0) is 53.8 Å². The Kier molecular flexibility index (Phi) is 6.89. The molecule has 0 fully saturated rings. The number of hydrogen-bond acceptors (Lipinski definition) is 8. The summed E-state index contributed by atoms with van der Waals surface area (Å²) in [4.78, 5) is 29.9. The van der Waals surface area contributed by atoms with Crippen molar-refractivity contribution in [3.8, 4) is 16.8 Å². The predicted octanol–water partition coefficient (Wildman–Crippen LogP) is 4.52. The molecule has 0 aliphatic heterocycles. The number of sulfonamides is 1. The van der Waals surface area contributed by atoms with Gasteiger partial charge >= 0.3 is 0 Å². The zero-order valence-corrected chi connectivity index (χ0v) is 22.3. The number of nitrogens with zero attached hydrogens (tertiary/aromatic N) is 5. The maximum atomic E-state index is 14.3. The highest BCUT2D eigenvalue weighted by atomic mass is 32.2. The number of nitrogens with two attached hydrogens (primary N) is 1. The molecule has 0 amide bonds. The lowest BCUT2D eigenvalue weighted by atomic mass is 9.98. The van der Waals surface area contributed by atoms with E-state index in [4.69, 9.17) is 12.3 Å². The fourth-order valence-electron chi connectivity index (χ4n) is 4.48. The second kappa shape index (κ2) is 10.5. The van der Waals surface area contributed by atoms with E-state index in [1.165, 1.54) is 12.4 Å². The maximum Gasteiger partial charge on any atom is 0.263 e. The van der Waals surface area contributed by atoms with Gasteiger partial charge in [-0.3, -0.25) is 14.1 Å². The minimum Gasteiger partial charge on any atom is -0.371 e. The van der Waals surface area contributed by atoms with E-state index in [-0.39, 0.29) is 28.8 Å². The molecule has 0 bridgehead atoms. The number of rotatable bonds is 7. The molecule has 0 aliphatic rings. The van der Waals surface area contributed by atoms with Crippen LogP contribution in [0.15, 0.2) is 83.9 Å². The lowest BCUT2D eigenvalue weighted by Crippen LogP contribution is -2.26. The quantitative estimate of drug-likeness (QED) is 0.250. The molecule has 0 saturated heterocycles. The molecule has 5 aromatic rings. The molecule has 3 heterocycles. The molecule has 0 unspecified atom stereocenters. The first-order chi connectivity index (χ1) is 19.1. The van der Waals surface area contributed by atoms with Gasteiger partial charge in [0, 0.05) is 23.8 Å². The van der Waals surface area contributed by atoms with Gasteiger partial charge in [-0.2, -0.15) is 0 Å². The summed E-state index contributed by atoms with van der Waals surface area (Å²) in [6.07, 6.45) is 3.88. The maximum absolute atomic E-state index is 14.3. The van der Waals surface area contributed by atoms with Crippen molar-refractivity contribution in [1.82, 2.24) is 19.5 Å². The standard InChI is InChI=1S/C28H24N8O3S/c1-17(33-26-22(30-2)16-32-28(29)34-26)23-14-19-8-7-11-21(18-12-13-31-24(15-18)35-40(3,38)39)25(19)27(37)36(23)20-9-5-4-6-10-20/h4-17H,1,3H3,(H,31,35)(H3,29,32,33,34)/t17-/m0/s1. The van der Waals surface area contributed by atoms with E-state index in [0.29, 0.717) is 33.3 Å². The van der Waals surface area contributed by atoms with Gasteiger partial charge in [-0.1, -0.05) is 36.4 Å². The number of nitrogens with one attached hydrogen (secondary N) is 2. The van der Waals surface area contributed by atoms with E-state index in [1.54, 1.807) is 16.7 Å². The number of benzene rings is 2. The Labute approximate surface area is 230 Å². The molecule has 11 nitrogen and oxygen atoms in total. The zero-order chi connectivity index (χ0) is 28.4. The Morgan fingerprint density at radius 2 is 1.82 bits per heavy atom. The number of nitrogen functional groups attached to an aromatic ring is 1. The highest BCUT2D eigenvalue weighted by Crippen LogP contribution is 2.32. The van der Waals surface area contributed by atoms with E-state index >= 15 is 0 Å². The highest BCUT2D eigenvalue weighted by molar-refractivity contribution is 7.92. The van der Waals surface area contributed by atoms with Crippen molar-refractivity contribution in [2.45, 2.75) is 13.0 Å². The molecule has 40 heavy (non-hydrogen) atoms. The average molecular weight is 553 g/mol. The Hall–Kier alpha value is -5.28. The van der Waals surface area contributed by atoms with E-state index in [1.807, 2.05) is 61.5 Å². The second-order valence-corrected chi connectivity index (χ2v) is 10.8. The monoisotopic (exact) mass is 552 g/mol. The molecule has 3 aromatic heterocycles. The first-order valence-electron chi connectivity index (χ1n) is 12.1. The summed E-state index contributed by atoms with van der Waals surface area (Å²) in [5.41, 5.74) is 8.22. The lowest BCUT2D eigenvalue weighted by molar-refractivity contribution is 0.606. The van der Waals surface area contributed by atoms with Crippen LogP contribution < -0.4 is 21.3 Å². The summed E-state index contributed by atoms with van der Waals surface area (Å²) in [5.74, 6) is 0.431. The van der Waals surface area contributed by atoms with Crippen LogP contribution in [0.3, 0.4) is 0 Å². The van der Waals surface area contributed by atoms with Crippen LogP contribution in [-0.4, -0.2) is 34.2 Å². The number of aromatic nitrogens is 4. The van der Waals surface area contributed by atoms with Gasteiger partial charge in [0.2, 0.25) is 21.7 Å². The van der Waals surface area contributed by atoms with Crippen LogP contribution in [0.5, 0.6) is 0 Å². The van der Waals surface area contributed by atoms with E-state index in [2.05, 4.69) is 29.8 Å². The van der Waals surface area contributed by atoms with Crippen molar-refractivity contribution in [3.05, 3.63) is 107 Å². The third-order valence-corrected chi connectivity index (χ3v) is 6.74. The van der Waals surface area contributed by atoms with Crippen molar-refractivity contribution in [2.75, 3.05) is 22.0 Å². The molecular weight excluding hydrogens is 528 g/mol. The number of fused-ring (bicyclic) bond motifs is 1. The minimum atomic E-state index is -3.54. The van der Waals surface area contributed by atoms with Crippen LogP contribution in [-0.2, 0) is 10.0 Å². The molecule has 4 N–H and O–H groups in total. The molecule has 12 heteroatoms. The van der Waals surface area contributed by atoms with Crippen molar-refractivity contribution in [2.24, 2.45) is 0 Å². The van der Waals surface area contributed by atoms with Gasteiger partial charge in [0.25, 0.3) is 5.56 Å². The molecule has 0 spiro atoms. The summed E-state index contributed by atoms with van der Waals surface area (Å²) in [5, 5.41) is 4.35. The van der Waals surface area contributed by atoms with Crippen molar-refractivity contribution < 1.29 is 8.42 Å². The Balaban J connectivity index is 1.72. The average Bonchev–Trinajstić information content (AvgIpc) is 2.92. The van der Waals surface area contributed by atoms with Crippen molar-refractivity contribution in [1.29, 1.82) is 0 Å². The smallest absolute Gasteiger partial charge is 0.263 e. The van der Waals surface area contributed by atoms with Crippen LogP contribution in [0.2, 0.25) is 0 Å². The molecule has 200 valence electrons. The summed E-state index contributed by atoms with van der Waals surface area (Å²) < 4.78 is 27.5. The van der Waals surface area contributed by atoms with Gasteiger partial charge in [0.15, 0.2) is 0 Å². The van der Waals surface area contributed by atoms with Gasteiger partial charge in [0.1, 0.15) is 11.6 Å². The SMILES string of the molecule is [C-]#[N+]c1cnc(N)nc1N[C@@H](C)c1cc2cccc(-c3ccnc(NS(C)(=O)=O)c3)c2c(=O)n1-c1ccccc1.